The predicted octanol–water partition coefficient (Wildman–Crippen LogP) is 0.153. The van der Waals surface area contributed by atoms with Crippen LogP contribution in [-0.4, -0.2) is 85.2 Å². The number of carboxylic acid groups (broad SMARTS) is 1. The lowest BCUT2D eigenvalue weighted by molar-refractivity contribution is -0.138. The molecule has 33 heavy (non-hydrogen) atoms. The largest absolute Gasteiger partial charge is 0.481 e. The second-order valence-corrected chi connectivity index (χ2v) is 7.31. The van der Waals surface area contributed by atoms with Crippen LogP contribution < -0.4 is 10.6 Å². The summed E-state index contributed by atoms with van der Waals surface area (Å²) in [6.45, 7) is 1.35. The number of nitrogens with one attached hydrogen (secondary N) is 2. The highest BCUT2D eigenvalue weighted by Gasteiger charge is 2.42. The third-order valence-corrected chi connectivity index (χ3v) is 5.00. The van der Waals surface area contributed by atoms with Crippen molar-refractivity contribution in [3.63, 3.8) is 0 Å². The van der Waals surface area contributed by atoms with Crippen LogP contribution in [0.15, 0.2) is 24.5 Å². The molecule has 1 aromatic heterocycles. The molecule has 0 spiro atoms. The van der Waals surface area contributed by atoms with E-state index in [0.717, 1.165) is 5.56 Å². The molecule has 2 atom stereocenters. The minimum Gasteiger partial charge on any atom is -0.481 e. The number of nitrogens with zero attached hydrogens (tertiary/aromatic N) is 2. The highest BCUT2D eigenvalue weighted by atomic mass is 35.5. The summed E-state index contributed by atoms with van der Waals surface area (Å²) < 4.78 is 10.5. The van der Waals surface area contributed by atoms with Gasteiger partial charge in [0.1, 0.15) is 0 Å². The van der Waals surface area contributed by atoms with Gasteiger partial charge < -0.3 is 30.1 Å². The van der Waals surface area contributed by atoms with Crippen LogP contribution in [0.4, 0.5) is 0 Å². The zero-order chi connectivity index (χ0) is 23.3. The Morgan fingerprint density at radius 3 is 2.42 bits per heavy atom. The SMILES string of the molecule is CN1C(=O)C[C@H](C(=O)NCCOCCC(=O)NCCOCCC(=O)O)[C@H]1c1cccnc1.Cl. The molecule has 3 amide bonds. The van der Waals surface area contributed by atoms with E-state index in [1.165, 1.54) is 0 Å². The van der Waals surface area contributed by atoms with Crippen molar-refractivity contribution in [3.05, 3.63) is 30.1 Å². The van der Waals surface area contributed by atoms with Gasteiger partial charge >= 0.3 is 5.97 Å². The summed E-state index contributed by atoms with van der Waals surface area (Å²) in [7, 11) is 1.68. The second-order valence-electron chi connectivity index (χ2n) is 7.31. The Labute approximate surface area is 198 Å². The van der Waals surface area contributed by atoms with E-state index in [1.807, 2.05) is 6.07 Å². The van der Waals surface area contributed by atoms with E-state index in [2.05, 4.69) is 15.6 Å². The summed E-state index contributed by atoms with van der Waals surface area (Å²) in [5.41, 5.74) is 0.815. The lowest BCUT2D eigenvalue weighted by Crippen LogP contribution is -2.36. The molecule has 1 aliphatic heterocycles. The van der Waals surface area contributed by atoms with E-state index < -0.39 is 11.9 Å². The molecule has 2 rings (SSSR count). The third kappa shape index (κ3) is 9.72. The molecule has 11 nitrogen and oxygen atoms in total. The quantitative estimate of drug-likeness (QED) is 0.315. The van der Waals surface area contributed by atoms with Crippen LogP contribution in [0.1, 0.15) is 30.9 Å². The van der Waals surface area contributed by atoms with E-state index in [1.54, 1.807) is 30.4 Å². The van der Waals surface area contributed by atoms with Gasteiger partial charge in [0.15, 0.2) is 0 Å². The first kappa shape index (κ1) is 28.3. The topological polar surface area (TPSA) is 147 Å². The number of aliphatic carboxylic acids is 1. The zero-order valence-electron chi connectivity index (χ0n) is 18.5. The number of hydrogen-bond acceptors (Lipinski definition) is 7. The number of carbonyl (C=O) groups excluding carboxylic acids is 3. The fraction of sp³-hybridized carbons (Fsp3) is 0.571. The van der Waals surface area contributed by atoms with Gasteiger partial charge in [-0.25, -0.2) is 0 Å². The zero-order valence-corrected chi connectivity index (χ0v) is 19.3. The van der Waals surface area contributed by atoms with Gasteiger partial charge in [0.2, 0.25) is 17.7 Å². The molecule has 12 heteroatoms. The average Bonchev–Trinajstić information content (AvgIpc) is 3.07. The van der Waals surface area contributed by atoms with E-state index in [0.29, 0.717) is 6.54 Å². The Morgan fingerprint density at radius 1 is 1.12 bits per heavy atom. The van der Waals surface area contributed by atoms with E-state index in [9.17, 15) is 19.2 Å². The fourth-order valence-corrected chi connectivity index (χ4v) is 3.37. The number of likely N-dealkylation sites (tertiary alicyclic amines) is 1. The molecule has 1 aromatic rings. The van der Waals surface area contributed by atoms with E-state index in [-0.39, 0.29) is 88.4 Å². The summed E-state index contributed by atoms with van der Waals surface area (Å²) in [5.74, 6) is -1.95. The minimum atomic E-state index is -0.931. The molecular weight excluding hydrogens is 456 g/mol. The average molecular weight is 487 g/mol. The highest BCUT2D eigenvalue weighted by molar-refractivity contribution is 5.90. The number of carboxylic acids is 1. The first-order valence-electron chi connectivity index (χ1n) is 10.5. The van der Waals surface area contributed by atoms with Gasteiger partial charge in [0.05, 0.1) is 44.8 Å². The molecule has 0 unspecified atom stereocenters. The van der Waals surface area contributed by atoms with Crippen molar-refractivity contribution >= 4 is 36.1 Å². The van der Waals surface area contributed by atoms with Gasteiger partial charge in [-0.15, -0.1) is 12.4 Å². The van der Waals surface area contributed by atoms with Crippen LogP contribution in [0, 0.1) is 5.92 Å². The van der Waals surface area contributed by atoms with Crippen LogP contribution in [0.25, 0.3) is 0 Å². The Balaban J connectivity index is 0.00000544. The molecule has 1 fully saturated rings. The van der Waals surface area contributed by atoms with Gasteiger partial charge in [0, 0.05) is 45.4 Å². The number of aromatic nitrogens is 1. The molecule has 1 aliphatic rings. The number of carbonyl (C=O) groups is 4. The van der Waals surface area contributed by atoms with Gasteiger partial charge in [0.25, 0.3) is 0 Å². The molecule has 0 saturated carbocycles. The molecule has 0 bridgehead atoms. The van der Waals surface area contributed by atoms with E-state index in [4.69, 9.17) is 14.6 Å². The van der Waals surface area contributed by atoms with Crippen molar-refractivity contribution in [3.8, 4) is 0 Å². The lowest BCUT2D eigenvalue weighted by Gasteiger charge is -2.24. The Kier molecular flexibility index (Phi) is 13.0. The van der Waals surface area contributed by atoms with Crippen LogP contribution in [-0.2, 0) is 28.7 Å². The third-order valence-electron chi connectivity index (χ3n) is 5.00. The summed E-state index contributed by atoms with van der Waals surface area (Å²) in [6, 6.07) is 3.27. The van der Waals surface area contributed by atoms with Crippen molar-refractivity contribution in [2.24, 2.45) is 5.92 Å². The van der Waals surface area contributed by atoms with Crippen molar-refractivity contribution in [2.75, 3.05) is 46.6 Å². The van der Waals surface area contributed by atoms with Crippen molar-refractivity contribution in [1.82, 2.24) is 20.5 Å². The van der Waals surface area contributed by atoms with Crippen LogP contribution in [0.5, 0.6) is 0 Å². The standard InChI is InChI=1S/C21H30N4O7.ClH/c1-25-18(27)13-16(20(25)15-3-2-6-22-14-15)21(30)24-8-12-31-9-4-17(26)23-7-11-32-10-5-19(28)29;/h2-3,6,14,16,20H,4-5,7-13H2,1H3,(H,23,26)(H,24,30)(H,28,29);1H/t16-,20+;/m0./s1. The Bertz CT molecular complexity index is 781. The van der Waals surface area contributed by atoms with Gasteiger partial charge in [-0.3, -0.25) is 24.2 Å². The normalized spacial score (nSPS) is 17.4. The number of hydrogen-bond donors (Lipinski definition) is 3. The summed E-state index contributed by atoms with van der Waals surface area (Å²) in [5, 5.41) is 13.9. The molecule has 2 heterocycles. The summed E-state index contributed by atoms with van der Waals surface area (Å²) in [4.78, 5) is 52.4. The van der Waals surface area contributed by atoms with Crippen molar-refractivity contribution in [2.45, 2.75) is 25.3 Å². The predicted molar refractivity (Wildman–Crippen MR) is 120 cm³/mol. The number of amides is 3. The maximum atomic E-state index is 12.6. The van der Waals surface area contributed by atoms with Gasteiger partial charge in [-0.05, 0) is 11.6 Å². The molecule has 0 radical (unpaired) electrons. The number of ether oxygens (including phenoxy) is 2. The first-order chi connectivity index (χ1) is 15.4. The summed E-state index contributed by atoms with van der Waals surface area (Å²) >= 11 is 0. The molecule has 0 aromatic carbocycles. The maximum Gasteiger partial charge on any atom is 0.305 e. The second kappa shape index (κ2) is 15.1. The monoisotopic (exact) mass is 486 g/mol. The van der Waals surface area contributed by atoms with Crippen molar-refractivity contribution < 1.29 is 33.8 Å². The minimum absolute atomic E-state index is 0. The first-order valence-corrected chi connectivity index (χ1v) is 10.5. The van der Waals surface area contributed by atoms with Crippen LogP contribution >= 0.6 is 12.4 Å². The van der Waals surface area contributed by atoms with Crippen LogP contribution in [0.3, 0.4) is 0 Å². The lowest BCUT2D eigenvalue weighted by atomic mass is 9.94. The molecule has 1 saturated heterocycles. The smallest absolute Gasteiger partial charge is 0.305 e. The van der Waals surface area contributed by atoms with E-state index >= 15 is 0 Å². The highest BCUT2D eigenvalue weighted by Crippen LogP contribution is 2.36. The summed E-state index contributed by atoms with van der Waals surface area (Å²) in [6.07, 6.45) is 3.53. The maximum absolute atomic E-state index is 12.6. The van der Waals surface area contributed by atoms with Crippen LogP contribution in [0.2, 0.25) is 0 Å². The van der Waals surface area contributed by atoms with Crippen molar-refractivity contribution in [1.29, 1.82) is 0 Å². The number of rotatable bonds is 14. The molecule has 3 N–H and O–H groups in total. The fourth-order valence-electron chi connectivity index (χ4n) is 3.37. The molecule has 0 aliphatic carbocycles. The Hall–Kier alpha value is -2.76. The Morgan fingerprint density at radius 2 is 1.79 bits per heavy atom. The van der Waals surface area contributed by atoms with Gasteiger partial charge in [-0.1, -0.05) is 6.07 Å². The number of halogens is 1. The molecular formula is C21H31ClN4O7. The molecule has 184 valence electrons. The number of pyridine rings is 1. The van der Waals surface area contributed by atoms with Gasteiger partial charge in [-0.2, -0.15) is 0 Å².